The van der Waals surface area contributed by atoms with E-state index in [1.807, 2.05) is 30.3 Å². The van der Waals surface area contributed by atoms with Gasteiger partial charge in [-0.05, 0) is 42.5 Å². The number of ether oxygens (including phenoxy) is 1. The summed E-state index contributed by atoms with van der Waals surface area (Å²) in [6, 6.07) is 13.9. The number of nitrogens with one attached hydrogen (secondary N) is 1. The van der Waals surface area contributed by atoms with Crippen LogP contribution in [0.5, 0.6) is 0 Å². The smallest absolute Gasteiger partial charge is 0.337 e. The molecule has 5 nitrogen and oxygen atoms in total. The number of carbonyl (C=O) groups excluding carboxylic acids is 1. The molecule has 2 aromatic rings. The standard InChI is InChI=1S/C17H18ClNO4S2/c1-23-17(20)13-8-9-16(15(18)12-13)25(21,22)19-10-5-11-24-14-6-3-2-4-7-14/h2-4,6-9,12,19H,5,10-11H2,1H3. The van der Waals surface area contributed by atoms with Gasteiger partial charge in [0.25, 0.3) is 0 Å². The van der Waals surface area contributed by atoms with Crippen LogP contribution in [0.15, 0.2) is 58.3 Å². The van der Waals surface area contributed by atoms with Gasteiger partial charge in [-0.15, -0.1) is 11.8 Å². The minimum absolute atomic E-state index is 0.0194. The van der Waals surface area contributed by atoms with Crippen LogP contribution in [0.1, 0.15) is 16.8 Å². The van der Waals surface area contributed by atoms with Gasteiger partial charge < -0.3 is 4.74 Å². The SMILES string of the molecule is COC(=O)c1ccc(S(=O)(=O)NCCCSc2ccccc2)c(Cl)c1. The Labute approximate surface area is 156 Å². The average molecular weight is 400 g/mol. The van der Waals surface area contributed by atoms with E-state index in [1.165, 1.54) is 25.3 Å². The third kappa shape index (κ3) is 5.74. The number of benzene rings is 2. The highest BCUT2D eigenvalue weighted by atomic mass is 35.5. The lowest BCUT2D eigenvalue weighted by atomic mass is 10.2. The first-order valence-electron chi connectivity index (χ1n) is 7.49. The Morgan fingerprint density at radius 2 is 1.92 bits per heavy atom. The van der Waals surface area contributed by atoms with Crippen LogP contribution in [-0.4, -0.2) is 33.8 Å². The van der Waals surface area contributed by atoms with E-state index in [4.69, 9.17) is 11.6 Å². The van der Waals surface area contributed by atoms with E-state index in [1.54, 1.807) is 11.8 Å². The molecule has 0 aliphatic carbocycles. The molecule has 0 radical (unpaired) electrons. The van der Waals surface area contributed by atoms with Crippen LogP contribution in [0.4, 0.5) is 0 Å². The van der Waals surface area contributed by atoms with Gasteiger partial charge in [0, 0.05) is 11.4 Å². The molecule has 0 amide bonds. The molecule has 0 heterocycles. The second-order valence-corrected chi connectivity index (χ2v) is 8.36. The third-order valence-electron chi connectivity index (χ3n) is 3.27. The van der Waals surface area contributed by atoms with Crippen LogP contribution in [0.3, 0.4) is 0 Å². The summed E-state index contributed by atoms with van der Waals surface area (Å²) in [5, 5.41) is -0.0194. The molecule has 0 saturated carbocycles. The lowest BCUT2D eigenvalue weighted by Crippen LogP contribution is -2.25. The molecule has 0 spiro atoms. The first-order chi connectivity index (χ1) is 11.9. The maximum Gasteiger partial charge on any atom is 0.337 e. The van der Waals surface area contributed by atoms with Gasteiger partial charge in [0.2, 0.25) is 10.0 Å². The topological polar surface area (TPSA) is 72.5 Å². The number of sulfonamides is 1. The average Bonchev–Trinajstić information content (AvgIpc) is 2.61. The molecule has 134 valence electrons. The molecular formula is C17H18ClNO4S2. The molecule has 1 N–H and O–H groups in total. The van der Waals surface area contributed by atoms with Gasteiger partial charge in [0.15, 0.2) is 0 Å². The summed E-state index contributed by atoms with van der Waals surface area (Å²) in [6.45, 7) is 0.303. The van der Waals surface area contributed by atoms with Crippen molar-refractivity contribution in [2.24, 2.45) is 0 Å². The van der Waals surface area contributed by atoms with Gasteiger partial charge in [-0.3, -0.25) is 0 Å². The van der Waals surface area contributed by atoms with Crippen LogP contribution >= 0.6 is 23.4 Å². The Morgan fingerprint density at radius 3 is 2.56 bits per heavy atom. The zero-order valence-corrected chi connectivity index (χ0v) is 16.0. The lowest BCUT2D eigenvalue weighted by Gasteiger charge is -2.09. The molecule has 0 bridgehead atoms. The number of thioether (sulfide) groups is 1. The fraction of sp³-hybridized carbons (Fsp3) is 0.235. The maximum atomic E-state index is 12.3. The Hall–Kier alpha value is -1.54. The Bertz CT molecular complexity index is 826. The van der Waals surface area contributed by atoms with Gasteiger partial charge in [0.1, 0.15) is 4.90 Å². The van der Waals surface area contributed by atoms with Crippen LogP contribution in [0, 0.1) is 0 Å². The van der Waals surface area contributed by atoms with Crippen molar-refractivity contribution >= 4 is 39.4 Å². The maximum absolute atomic E-state index is 12.3. The first-order valence-corrected chi connectivity index (χ1v) is 10.3. The van der Waals surface area contributed by atoms with E-state index in [0.717, 1.165) is 10.6 Å². The summed E-state index contributed by atoms with van der Waals surface area (Å²) in [5.41, 5.74) is 0.200. The number of methoxy groups -OCH3 is 1. The fourth-order valence-corrected chi connectivity index (χ4v) is 4.52. The molecule has 25 heavy (non-hydrogen) atoms. The number of carbonyl (C=O) groups is 1. The molecule has 0 aliphatic rings. The Morgan fingerprint density at radius 1 is 1.20 bits per heavy atom. The summed E-state index contributed by atoms with van der Waals surface area (Å²) < 4.78 is 31.7. The number of hydrogen-bond acceptors (Lipinski definition) is 5. The summed E-state index contributed by atoms with van der Waals surface area (Å²) in [7, 11) is -2.48. The van der Waals surface area contributed by atoms with Crippen molar-refractivity contribution in [3.8, 4) is 0 Å². The first kappa shape index (κ1) is 19.8. The van der Waals surface area contributed by atoms with E-state index in [2.05, 4.69) is 9.46 Å². The predicted molar refractivity (Wildman–Crippen MR) is 99.8 cm³/mol. The molecule has 0 fully saturated rings. The van der Waals surface area contributed by atoms with Crippen LogP contribution in [0.25, 0.3) is 0 Å². The summed E-state index contributed by atoms with van der Waals surface area (Å²) in [4.78, 5) is 12.5. The van der Waals surface area contributed by atoms with Crippen molar-refractivity contribution in [1.29, 1.82) is 0 Å². The van der Waals surface area contributed by atoms with Crippen molar-refractivity contribution < 1.29 is 17.9 Å². The number of hydrogen-bond donors (Lipinski definition) is 1. The Kier molecular flexibility index (Phi) is 7.31. The molecule has 0 aliphatic heterocycles. The fourth-order valence-electron chi connectivity index (χ4n) is 2.03. The monoisotopic (exact) mass is 399 g/mol. The number of halogens is 1. The van der Waals surface area contributed by atoms with Crippen LogP contribution in [0.2, 0.25) is 5.02 Å². The van der Waals surface area contributed by atoms with E-state index in [9.17, 15) is 13.2 Å². The third-order valence-corrected chi connectivity index (χ3v) is 6.31. The summed E-state index contributed by atoms with van der Waals surface area (Å²) >= 11 is 7.67. The van der Waals surface area contributed by atoms with Crippen molar-refractivity contribution in [2.45, 2.75) is 16.2 Å². The second kappa shape index (κ2) is 9.24. The highest BCUT2D eigenvalue weighted by molar-refractivity contribution is 7.99. The van der Waals surface area contributed by atoms with E-state index in [0.29, 0.717) is 13.0 Å². The molecule has 8 heteroatoms. The largest absolute Gasteiger partial charge is 0.465 e. The molecule has 0 saturated heterocycles. The molecule has 0 aromatic heterocycles. The molecule has 2 aromatic carbocycles. The zero-order valence-electron chi connectivity index (χ0n) is 13.6. The van der Waals surface area contributed by atoms with E-state index < -0.39 is 16.0 Å². The summed E-state index contributed by atoms with van der Waals surface area (Å²) in [5.74, 6) is 0.221. The van der Waals surface area contributed by atoms with Gasteiger partial charge >= 0.3 is 5.97 Å². The van der Waals surface area contributed by atoms with Gasteiger partial charge in [-0.2, -0.15) is 0 Å². The quantitative estimate of drug-likeness (QED) is 0.417. The minimum Gasteiger partial charge on any atom is -0.465 e. The molecule has 0 atom stereocenters. The molecule has 2 rings (SSSR count). The highest BCUT2D eigenvalue weighted by Crippen LogP contribution is 2.23. The summed E-state index contributed by atoms with van der Waals surface area (Å²) in [6.07, 6.45) is 0.677. The highest BCUT2D eigenvalue weighted by Gasteiger charge is 2.19. The number of rotatable bonds is 8. The molecular weight excluding hydrogens is 382 g/mol. The number of esters is 1. The van der Waals surface area contributed by atoms with Gasteiger partial charge in [-0.1, -0.05) is 29.8 Å². The lowest BCUT2D eigenvalue weighted by molar-refractivity contribution is 0.0600. The van der Waals surface area contributed by atoms with Crippen molar-refractivity contribution in [2.75, 3.05) is 19.4 Å². The minimum atomic E-state index is -3.73. The van der Waals surface area contributed by atoms with Crippen molar-refractivity contribution in [1.82, 2.24) is 4.72 Å². The second-order valence-electron chi connectivity index (χ2n) is 5.05. The van der Waals surface area contributed by atoms with Crippen molar-refractivity contribution in [3.05, 3.63) is 59.1 Å². The van der Waals surface area contributed by atoms with E-state index in [-0.39, 0.29) is 15.5 Å². The van der Waals surface area contributed by atoms with Crippen LogP contribution < -0.4 is 4.72 Å². The van der Waals surface area contributed by atoms with Crippen molar-refractivity contribution in [3.63, 3.8) is 0 Å². The normalized spacial score (nSPS) is 11.3. The van der Waals surface area contributed by atoms with Crippen LogP contribution in [-0.2, 0) is 14.8 Å². The zero-order chi connectivity index (χ0) is 18.3. The predicted octanol–water partition coefficient (Wildman–Crippen LogP) is 3.59. The van der Waals surface area contributed by atoms with Gasteiger partial charge in [0.05, 0.1) is 17.7 Å². The van der Waals surface area contributed by atoms with E-state index >= 15 is 0 Å². The van der Waals surface area contributed by atoms with Gasteiger partial charge in [-0.25, -0.2) is 17.9 Å². The Balaban J connectivity index is 1.89. The molecule has 0 unspecified atom stereocenters.